The summed E-state index contributed by atoms with van der Waals surface area (Å²) in [6, 6.07) is 23.8. The summed E-state index contributed by atoms with van der Waals surface area (Å²) >= 11 is 0. The molecule has 0 saturated carbocycles. The van der Waals surface area contributed by atoms with Crippen molar-refractivity contribution in [3.05, 3.63) is 83.4 Å². The second kappa shape index (κ2) is 4.10. The van der Waals surface area contributed by atoms with Crippen LogP contribution in [-0.4, -0.2) is 0 Å². The Morgan fingerprint density at radius 3 is 2.37 bits per heavy atom. The second-order valence-electron chi connectivity index (χ2n) is 5.08. The highest BCUT2D eigenvalue weighted by atomic mass is 14.2. The van der Waals surface area contributed by atoms with Crippen LogP contribution in [0.4, 0.5) is 0 Å². The van der Waals surface area contributed by atoms with E-state index in [1.807, 2.05) is 0 Å². The van der Waals surface area contributed by atoms with Crippen LogP contribution >= 0.6 is 0 Å². The molecule has 0 aliphatic heterocycles. The lowest BCUT2D eigenvalue weighted by atomic mass is 10.0. The maximum atomic E-state index is 2.31. The molecule has 0 spiro atoms. The van der Waals surface area contributed by atoms with E-state index in [1.54, 1.807) is 0 Å². The van der Waals surface area contributed by atoms with Crippen LogP contribution in [0.5, 0.6) is 0 Å². The van der Waals surface area contributed by atoms with Gasteiger partial charge in [0, 0.05) is 0 Å². The number of benzene rings is 3. The van der Waals surface area contributed by atoms with Crippen LogP contribution < -0.4 is 0 Å². The number of hydrogen-bond acceptors (Lipinski definition) is 0. The molecule has 1 aliphatic rings. The summed E-state index contributed by atoms with van der Waals surface area (Å²) in [6.45, 7) is 0. The van der Waals surface area contributed by atoms with Crippen molar-refractivity contribution >= 4 is 22.4 Å². The summed E-state index contributed by atoms with van der Waals surface area (Å²) in [6.07, 6.45) is 3.36. The lowest BCUT2D eigenvalue weighted by molar-refractivity contribution is 1.38. The first kappa shape index (κ1) is 10.6. The van der Waals surface area contributed by atoms with Gasteiger partial charge in [-0.2, -0.15) is 0 Å². The molecule has 0 saturated heterocycles. The van der Waals surface area contributed by atoms with Gasteiger partial charge in [0.1, 0.15) is 0 Å². The third kappa shape index (κ3) is 1.68. The Balaban J connectivity index is 1.93. The molecule has 4 rings (SSSR count). The van der Waals surface area contributed by atoms with Crippen molar-refractivity contribution in [1.29, 1.82) is 0 Å². The molecule has 3 aromatic carbocycles. The smallest absolute Gasteiger partial charge is 0.00130 e. The highest BCUT2D eigenvalue weighted by molar-refractivity contribution is 6.04. The van der Waals surface area contributed by atoms with Gasteiger partial charge in [-0.15, -0.1) is 0 Å². The van der Waals surface area contributed by atoms with Crippen molar-refractivity contribution in [3.8, 4) is 0 Å². The molecule has 0 radical (unpaired) electrons. The van der Waals surface area contributed by atoms with Crippen LogP contribution in [-0.2, 0) is 6.42 Å². The van der Waals surface area contributed by atoms with E-state index in [-0.39, 0.29) is 0 Å². The lowest BCUT2D eigenvalue weighted by Gasteiger charge is -2.01. The van der Waals surface area contributed by atoms with Gasteiger partial charge >= 0.3 is 0 Å². The first-order valence-corrected chi connectivity index (χ1v) is 6.68. The number of rotatable bonds is 1. The van der Waals surface area contributed by atoms with Crippen molar-refractivity contribution in [2.45, 2.75) is 6.42 Å². The zero-order valence-electron chi connectivity index (χ0n) is 10.6. The van der Waals surface area contributed by atoms with Crippen LogP contribution in [0.3, 0.4) is 0 Å². The molecule has 0 heterocycles. The van der Waals surface area contributed by atoms with Gasteiger partial charge in [-0.25, -0.2) is 0 Å². The minimum atomic E-state index is 1.05. The number of allylic oxidation sites excluding steroid dienone is 1. The van der Waals surface area contributed by atoms with Crippen molar-refractivity contribution in [3.63, 3.8) is 0 Å². The third-order valence-electron chi connectivity index (χ3n) is 3.86. The predicted molar refractivity (Wildman–Crippen MR) is 82.0 cm³/mol. The molecule has 1 aliphatic carbocycles. The minimum Gasteiger partial charge on any atom is -0.0622 e. The summed E-state index contributed by atoms with van der Waals surface area (Å²) in [7, 11) is 0. The van der Waals surface area contributed by atoms with Crippen molar-refractivity contribution in [2.24, 2.45) is 0 Å². The molecule has 0 fully saturated rings. The van der Waals surface area contributed by atoms with Gasteiger partial charge in [0.05, 0.1) is 0 Å². The quantitative estimate of drug-likeness (QED) is 0.567. The first-order chi connectivity index (χ1) is 9.42. The van der Waals surface area contributed by atoms with Gasteiger partial charge < -0.3 is 0 Å². The molecule has 90 valence electrons. The van der Waals surface area contributed by atoms with Gasteiger partial charge in [-0.3, -0.25) is 0 Å². The van der Waals surface area contributed by atoms with E-state index in [2.05, 4.69) is 72.8 Å². The minimum absolute atomic E-state index is 1.05. The zero-order chi connectivity index (χ0) is 12.7. The van der Waals surface area contributed by atoms with Crippen LogP contribution in [0.25, 0.3) is 22.4 Å². The fraction of sp³-hybridized carbons (Fsp3) is 0.0526. The van der Waals surface area contributed by atoms with Crippen molar-refractivity contribution in [2.75, 3.05) is 0 Å². The van der Waals surface area contributed by atoms with Gasteiger partial charge in [0.15, 0.2) is 0 Å². The van der Waals surface area contributed by atoms with E-state index >= 15 is 0 Å². The van der Waals surface area contributed by atoms with Crippen LogP contribution in [0, 0.1) is 0 Å². The van der Waals surface area contributed by atoms with E-state index in [9.17, 15) is 0 Å². The normalized spacial score (nSPS) is 15.3. The van der Waals surface area contributed by atoms with E-state index in [1.165, 1.54) is 33.0 Å². The molecule has 0 atom stereocenters. The van der Waals surface area contributed by atoms with E-state index in [0.29, 0.717) is 0 Å². The monoisotopic (exact) mass is 242 g/mol. The van der Waals surface area contributed by atoms with Crippen LogP contribution in [0.15, 0.2) is 66.7 Å². The lowest BCUT2D eigenvalue weighted by Crippen LogP contribution is -1.80. The molecular formula is C19H14. The van der Waals surface area contributed by atoms with E-state index in [4.69, 9.17) is 0 Å². The van der Waals surface area contributed by atoms with Crippen LogP contribution in [0.1, 0.15) is 16.7 Å². The molecular weight excluding hydrogens is 228 g/mol. The van der Waals surface area contributed by atoms with Gasteiger partial charge in [0.25, 0.3) is 0 Å². The third-order valence-corrected chi connectivity index (χ3v) is 3.86. The fourth-order valence-corrected chi connectivity index (χ4v) is 3.01. The molecule has 19 heavy (non-hydrogen) atoms. The topological polar surface area (TPSA) is 0 Å². The van der Waals surface area contributed by atoms with Crippen molar-refractivity contribution < 1.29 is 0 Å². The van der Waals surface area contributed by atoms with Gasteiger partial charge in [-0.1, -0.05) is 72.8 Å². The van der Waals surface area contributed by atoms with Crippen LogP contribution in [0.2, 0.25) is 0 Å². The Bertz CT molecular complexity index is 774. The second-order valence-corrected chi connectivity index (χ2v) is 5.08. The Kier molecular flexibility index (Phi) is 2.28. The maximum Gasteiger partial charge on any atom is -0.00130 e. The molecule has 0 amide bonds. The Morgan fingerprint density at radius 2 is 1.53 bits per heavy atom. The summed E-state index contributed by atoms with van der Waals surface area (Å²) in [4.78, 5) is 0. The molecule has 0 unspecified atom stereocenters. The van der Waals surface area contributed by atoms with E-state index in [0.717, 1.165) is 6.42 Å². The zero-order valence-corrected chi connectivity index (χ0v) is 10.6. The van der Waals surface area contributed by atoms with Crippen molar-refractivity contribution in [1.82, 2.24) is 0 Å². The average Bonchev–Trinajstić information content (AvgIpc) is 2.81. The predicted octanol–water partition coefficient (Wildman–Crippen LogP) is 4.94. The van der Waals surface area contributed by atoms with Gasteiger partial charge in [-0.05, 0) is 39.5 Å². The number of hydrogen-bond donors (Lipinski definition) is 0. The SMILES string of the molecule is C(=C1/Cc2cccc3cccc1c23)/c1ccccc1. The summed E-state index contributed by atoms with van der Waals surface area (Å²) in [5.41, 5.74) is 5.56. The summed E-state index contributed by atoms with van der Waals surface area (Å²) in [5, 5.41) is 2.79. The fourth-order valence-electron chi connectivity index (χ4n) is 3.01. The standard InChI is InChI=1S/C19H14/c1-2-6-14(7-3-1)12-17-13-16-10-4-8-15-9-5-11-18(17)19(15)16/h1-12H,13H2/b17-12+. The summed E-state index contributed by atoms with van der Waals surface area (Å²) in [5.74, 6) is 0. The Morgan fingerprint density at radius 1 is 0.737 bits per heavy atom. The summed E-state index contributed by atoms with van der Waals surface area (Å²) < 4.78 is 0. The molecule has 0 aromatic heterocycles. The molecule has 0 heteroatoms. The highest BCUT2D eigenvalue weighted by Gasteiger charge is 2.17. The largest absolute Gasteiger partial charge is 0.0622 e. The first-order valence-electron chi connectivity index (χ1n) is 6.68. The molecule has 0 bridgehead atoms. The highest BCUT2D eigenvalue weighted by Crippen LogP contribution is 2.38. The van der Waals surface area contributed by atoms with E-state index < -0.39 is 0 Å². The van der Waals surface area contributed by atoms with Gasteiger partial charge in [0.2, 0.25) is 0 Å². The average molecular weight is 242 g/mol. The molecule has 3 aromatic rings. The molecule has 0 nitrogen and oxygen atoms in total. The maximum absolute atomic E-state index is 2.31. The Labute approximate surface area is 113 Å². The molecule has 0 N–H and O–H groups in total. The Hall–Kier alpha value is -2.34.